The molecule has 9 heteroatoms. The molecule has 0 radical (unpaired) electrons. The topological polar surface area (TPSA) is 141 Å². The van der Waals surface area contributed by atoms with Gasteiger partial charge in [0, 0.05) is 0 Å². The molecular weight excluding hydrogens is 311 g/mol. The van der Waals surface area contributed by atoms with E-state index in [1.807, 2.05) is 0 Å². The van der Waals surface area contributed by atoms with Crippen LogP contribution in [0.4, 0.5) is 17.1 Å². The molecule has 0 fully saturated rings. The quantitative estimate of drug-likeness (QED) is 0.188. The molecule has 21 heavy (non-hydrogen) atoms. The van der Waals surface area contributed by atoms with Gasteiger partial charge in [0.2, 0.25) is 0 Å². The number of hydrogen-bond donors (Lipinski definition) is 3. The van der Waals surface area contributed by atoms with Crippen molar-refractivity contribution in [3.05, 3.63) is 57.7 Å². The third-order valence-corrected chi connectivity index (χ3v) is 1.17. The van der Waals surface area contributed by atoms with Crippen molar-refractivity contribution < 1.29 is 73.5 Å². The molecule has 1 aromatic carbocycles. The van der Waals surface area contributed by atoms with Gasteiger partial charge in [-0.15, -0.1) is 39.5 Å². The Hall–Kier alpha value is -0.01000. The summed E-state index contributed by atoms with van der Waals surface area (Å²) in [7, 11) is -3.63. The van der Waals surface area contributed by atoms with Gasteiger partial charge in [0.25, 0.3) is 0 Å². The second-order valence-corrected chi connectivity index (χ2v) is 2.60. The Balaban J connectivity index is -0.0000000407. The van der Waals surface area contributed by atoms with Gasteiger partial charge >= 0.3 is 59.1 Å². The summed E-state index contributed by atoms with van der Waals surface area (Å²) in [6, 6.07) is 5.19. The summed E-state index contributed by atoms with van der Waals surface area (Å²) in [5, 5.41) is 0. The van der Waals surface area contributed by atoms with E-state index in [1.165, 1.54) is 0 Å². The van der Waals surface area contributed by atoms with Gasteiger partial charge < -0.3 is 31.6 Å². The molecule has 0 aliphatic carbocycles. The molecule has 6 nitrogen and oxygen atoms in total. The zero-order valence-electron chi connectivity index (χ0n) is 12.9. The van der Waals surface area contributed by atoms with Crippen molar-refractivity contribution in [1.82, 2.24) is 0 Å². The number of nitrogen functional groups attached to an aromatic ring is 3. The van der Waals surface area contributed by atoms with Crippen LogP contribution in [0.1, 0.15) is 0 Å². The van der Waals surface area contributed by atoms with Crippen molar-refractivity contribution in [2.75, 3.05) is 17.2 Å². The first-order valence-corrected chi connectivity index (χ1v) is 5.95. The number of nitrogens with two attached hydrogens (primary N) is 3. The molecule has 0 aromatic heterocycles. The van der Waals surface area contributed by atoms with Crippen molar-refractivity contribution in [1.29, 1.82) is 0 Å². The van der Waals surface area contributed by atoms with E-state index in [-0.39, 0.29) is 59.1 Å². The zero-order chi connectivity index (χ0) is 16.4. The van der Waals surface area contributed by atoms with E-state index in [4.69, 9.17) is 31.6 Å². The van der Waals surface area contributed by atoms with Gasteiger partial charge in [-0.3, -0.25) is 0 Å². The molecule has 110 valence electrons. The maximum Gasteiger partial charge on any atom is 1.00 e. The predicted molar refractivity (Wildman–Crippen MR) is 82.4 cm³/mol. The molecule has 6 N–H and O–H groups in total. The fourth-order valence-electron chi connectivity index (χ4n) is 0.602. The summed E-state index contributed by atoms with van der Waals surface area (Å²) in [5.74, 6) is 0. The minimum absolute atomic E-state index is 0. The van der Waals surface area contributed by atoms with Gasteiger partial charge in [0.15, 0.2) is 0 Å². The average Bonchev–Trinajstić information content (AvgIpc) is 2.42. The standard InChI is InChI=1S/C6H9N3.3C2H4.2Na.H3O3P/c7-4-2-1-3-5(8)6(4)9;3*1-2;;;1-4(2)3/h1-3H,7-9H2;3*1-2H2;;;4H,(H2,1,2,3)/q;;;;2*+1;/p-2. The molecule has 0 aliphatic rings. The zero-order valence-corrected chi connectivity index (χ0v) is 17.9. The largest absolute Gasteiger partial charge is 1.00 e. The summed E-state index contributed by atoms with van der Waals surface area (Å²) < 4.78 is 8.52. The molecule has 0 amide bonds. The number of hydrogen-bond acceptors (Lipinski definition) is 6. The molecule has 0 heterocycles. The minimum atomic E-state index is -3.63. The van der Waals surface area contributed by atoms with Crippen molar-refractivity contribution in [3.63, 3.8) is 0 Å². The predicted octanol–water partition coefficient (Wildman–Crippen LogP) is -5.06. The Morgan fingerprint density at radius 3 is 1.14 bits per heavy atom. The second kappa shape index (κ2) is 32.1. The van der Waals surface area contributed by atoms with Crippen LogP contribution in [-0.2, 0) is 4.57 Å². The van der Waals surface area contributed by atoms with Crippen LogP contribution >= 0.6 is 8.25 Å². The van der Waals surface area contributed by atoms with Crippen LogP contribution in [0.25, 0.3) is 0 Å². The van der Waals surface area contributed by atoms with Crippen molar-refractivity contribution in [2.45, 2.75) is 0 Å². The number of para-hydroxylation sites is 1. The second-order valence-electron chi connectivity index (χ2n) is 2.10. The molecule has 0 spiro atoms. The van der Waals surface area contributed by atoms with E-state index in [1.54, 1.807) is 18.2 Å². The van der Waals surface area contributed by atoms with E-state index >= 15 is 0 Å². The third kappa shape index (κ3) is 33.1. The molecule has 0 aliphatic heterocycles. The molecule has 1 rings (SSSR count). The van der Waals surface area contributed by atoms with E-state index < -0.39 is 8.25 Å². The first-order chi connectivity index (χ1) is 8.95. The van der Waals surface area contributed by atoms with Gasteiger partial charge in [0.05, 0.1) is 17.1 Å². The van der Waals surface area contributed by atoms with Gasteiger partial charge in [-0.1, -0.05) is 14.3 Å². The number of benzene rings is 1. The summed E-state index contributed by atoms with van der Waals surface area (Å²) in [6.07, 6.45) is 0. The van der Waals surface area contributed by atoms with Crippen molar-refractivity contribution in [2.24, 2.45) is 0 Å². The first-order valence-electron chi connectivity index (χ1n) is 4.72. The SMILES string of the molecule is C=C.C=C.C=C.Nc1cccc(N)c1N.O=[PH]([O-])[O-].[Na+].[Na+]. The smallest absolute Gasteiger partial charge is 0.813 e. The number of anilines is 3. The molecule has 0 atom stereocenters. The van der Waals surface area contributed by atoms with Gasteiger partial charge in [-0.05, 0) is 12.1 Å². The summed E-state index contributed by atoms with van der Waals surface area (Å²) in [5.41, 5.74) is 17.8. The van der Waals surface area contributed by atoms with E-state index in [9.17, 15) is 0 Å². The van der Waals surface area contributed by atoms with Crippen molar-refractivity contribution in [3.8, 4) is 0 Å². The Morgan fingerprint density at radius 1 is 0.810 bits per heavy atom. The van der Waals surface area contributed by atoms with Crippen LogP contribution in [0.2, 0.25) is 0 Å². The normalized spacial score (nSPS) is 6.24. The Kier molecular flexibility index (Phi) is 57.0. The van der Waals surface area contributed by atoms with Crippen molar-refractivity contribution >= 4 is 25.3 Å². The monoisotopic (exact) mass is 333 g/mol. The fourth-order valence-corrected chi connectivity index (χ4v) is 0.602. The van der Waals surface area contributed by atoms with Gasteiger partial charge in [-0.2, -0.15) is 0 Å². The van der Waals surface area contributed by atoms with Crippen LogP contribution in [0, 0.1) is 0 Å². The summed E-state index contributed by atoms with van der Waals surface area (Å²) in [6.45, 7) is 18.0. The number of rotatable bonds is 0. The maximum absolute atomic E-state index is 8.52. The average molecular weight is 333 g/mol. The Bertz CT molecular complexity index is 330. The van der Waals surface area contributed by atoms with Crippen LogP contribution in [0.15, 0.2) is 57.7 Å². The maximum atomic E-state index is 8.52. The molecule has 0 unspecified atom stereocenters. The summed E-state index contributed by atoms with van der Waals surface area (Å²) >= 11 is 0. The minimum Gasteiger partial charge on any atom is -0.813 e. The molecule has 0 saturated carbocycles. The van der Waals surface area contributed by atoms with Crippen LogP contribution < -0.4 is 86.1 Å². The summed E-state index contributed by atoms with van der Waals surface area (Å²) in [4.78, 5) is 17.0. The van der Waals surface area contributed by atoms with Gasteiger partial charge in [-0.25, -0.2) is 0 Å². The van der Waals surface area contributed by atoms with E-state index in [2.05, 4.69) is 39.5 Å². The van der Waals surface area contributed by atoms with Crippen LogP contribution in [-0.4, -0.2) is 0 Å². The van der Waals surface area contributed by atoms with E-state index in [0.717, 1.165) is 0 Å². The Morgan fingerprint density at radius 2 is 1.00 bits per heavy atom. The first kappa shape index (κ1) is 37.3. The van der Waals surface area contributed by atoms with Gasteiger partial charge in [0.1, 0.15) is 0 Å². The van der Waals surface area contributed by atoms with Crippen LogP contribution in [0.5, 0.6) is 0 Å². The molecule has 0 bridgehead atoms. The molecule has 0 saturated heterocycles. The Labute approximate surface area is 172 Å². The molecular formula is C12H22N3Na2O3P. The van der Waals surface area contributed by atoms with Crippen LogP contribution in [0.3, 0.4) is 0 Å². The fraction of sp³-hybridized carbons (Fsp3) is 0. The third-order valence-electron chi connectivity index (χ3n) is 1.17. The molecule has 1 aromatic rings. The van der Waals surface area contributed by atoms with E-state index in [0.29, 0.717) is 17.1 Å².